The van der Waals surface area contributed by atoms with Gasteiger partial charge in [-0.15, -0.1) is 10.2 Å². The van der Waals surface area contributed by atoms with Crippen LogP contribution in [0.25, 0.3) is 5.65 Å². The number of aromatic nitrogens is 3. The van der Waals surface area contributed by atoms with E-state index in [-0.39, 0.29) is 5.56 Å². The molecule has 0 aliphatic carbocycles. The molecule has 2 aromatic heterocycles. The molecule has 0 radical (unpaired) electrons. The number of nitrogens with zero attached hydrogens (tertiary/aromatic N) is 3. The fraction of sp³-hybridized carbons (Fsp3) is 0.364. The topological polar surface area (TPSA) is 67.5 Å². The predicted molar refractivity (Wildman–Crippen MR) is 58.6 cm³/mol. The van der Waals surface area contributed by atoms with Gasteiger partial charge in [0, 0.05) is 12.6 Å². The zero-order chi connectivity index (χ0) is 11.5. The second-order valence-corrected chi connectivity index (χ2v) is 3.64. The molecule has 2 rings (SSSR count). The van der Waals surface area contributed by atoms with E-state index >= 15 is 0 Å². The summed E-state index contributed by atoms with van der Waals surface area (Å²) in [5.41, 5.74) is 0.610. The third-order valence-electron chi connectivity index (χ3n) is 2.49. The Morgan fingerprint density at radius 2 is 2.31 bits per heavy atom. The number of rotatable bonds is 4. The van der Waals surface area contributed by atoms with Gasteiger partial charge in [0.2, 0.25) is 0 Å². The Kier molecular flexibility index (Phi) is 2.85. The van der Waals surface area contributed by atoms with Crippen LogP contribution in [0.3, 0.4) is 0 Å². The number of carboxylic acid groups (broad SMARTS) is 1. The molecule has 0 aromatic carbocycles. The Morgan fingerprint density at radius 3 is 3.00 bits per heavy atom. The first-order valence-electron chi connectivity index (χ1n) is 5.30. The number of fused-ring (bicyclic) bond motifs is 1. The van der Waals surface area contributed by atoms with Crippen molar-refractivity contribution >= 4 is 11.6 Å². The van der Waals surface area contributed by atoms with E-state index in [1.165, 1.54) is 6.07 Å². The summed E-state index contributed by atoms with van der Waals surface area (Å²) in [6, 6.07) is 3.24. The quantitative estimate of drug-likeness (QED) is 0.850. The first kappa shape index (κ1) is 10.6. The van der Waals surface area contributed by atoms with Crippen molar-refractivity contribution in [2.24, 2.45) is 0 Å². The molecule has 0 aliphatic heterocycles. The minimum atomic E-state index is -0.972. The highest BCUT2D eigenvalue weighted by atomic mass is 16.4. The fourth-order valence-electron chi connectivity index (χ4n) is 1.64. The monoisotopic (exact) mass is 219 g/mol. The first-order chi connectivity index (χ1) is 7.74. The average molecular weight is 219 g/mol. The van der Waals surface area contributed by atoms with Gasteiger partial charge in [-0.1, -0.05) is 13.3 Å². The number of hydrogen-bond donors (Lipinski definition) is 1. The normalized spacial score (nSPS) is 10.8. The van der Waals surface area contributed by atoms with E-state index in [4.69, 9.17) is 5.11 Å². The van der Waals surface area contributed by atoms with Crippen molar-refractivity contribution < 1.29 is 9.90 Å². The number of hydrogen-bond acceptors (Lipinski definition) is 3. The van der Waals surface area contributed by atoms with Crippen LogP contribution in [0.1, 0.15) is 35.9 Å². The molecule has 0 spiro atoms. The average Bonchev–Trinajstić information content (AvgIpc) is 2.69. The van der Waals surface area contributed by atoms with Gasteiger partial charge in [-0.25, -0.2) is 4.79 Å². The molecule has 0 saturated heterocycles. The lowest BCUT2D eigenvalue weighted by molar-refractivity contribution is 0.0698. The minimum Gasteiger partial charge on any atom is -0.478 e. The van der Waals surface area contributed by atoms with Crippen molar-refractivity contribution in [1.82, 2.24) is 14.6 Å². The molecule has 84 valence electrons. The third-order valence-corrected chi connectivity index (χ3v) is 2.49. The zero-order valence-corrected chi connectivity index (χ0v) is 9.05. The van der Waals surface area contributed by atoms with Crippen LogP contribution in [0.15, 0.2) is 18.3 Å². The van der Waals surface area contributed by atoms with Gasteiger partial charge < -0.3 is 5.11 Å². The van der Waals surface area contributed by atoms with Gasteiger partial charge in [0.25, 0.3) is 0 Å². The highest BCUT2D eigenvalue weighted by Crippen LogP contribution is 2.11. The Bertz CT molecular complexity index is 519. The van der Waals surface area contributed by atoms with Crippen molar-refractivity contribution in [3.05, 3.63) is 29.7 Å². The molecular formula is C11H13N3O2. The fourth-order valence-corrected chi connectivity index (χ4v) is 1.64. The van der Waals surface area contributed by atoms with Gasteiger partial charge in [-0.2, -0.15) is 0 Å². The molecule has 0 aliphatic rings. The smallest absolute Gasteiger partial charge is 0.339 e. The number of unbranched alkanes of at least 4 members (excludes halogenated alkanes) is 1. The highest BCUT2D eigenvalue weighted by molar-refractivity contribution is 5.94. The Labute approximate surface area is 92.7 Å². The summed E-state index contributed by atoms with van der Waals surface area (Å²) in [6.07, 6.45) is 4.72. The molecule has 2 heterocycles. The minimum absolute atomic E-state index is 0.192. The molecule has 0 fully saturated rings. The van der Waals surface area contributed by atoms with Crippen LogP contribution in [0, 0.1) is 0 Å². The number of aromatic carboxylic acids is 1. The van der Waals surface area contributed by atoms with Gasteiger partial charge in [0.15, 0.2) is 5.65 Å². The van der Waals surface area contributed by atoms with Crippen molar-refractivity contribution in [3.63, 3.8) is 0 Å². The molecule has 1 N–H and O–H groups in total. The molecule has 16 heavy (non-hydrogen) atoms. The van der Waals surface area contributed by atoms with E-state index < -0.39 is 5.97 Å². The van der Waals surface area contributed by atoms with Crippen LogP contribution in [0.2, 0.25) is 0 Å². The lowest BCUT2D eigenvalue weighted by atomic mass is 10.2. The van der Waals surface area contributed by atoms with Gasteiger partial charge in [0.05, 0.1) is 0 Å². The zero-order valence-electron chi connectivity index (χ0n) is 9.05. The summed E-state index contributed by atoms with van der Waals surface area (Å²) in [6.45, 7) is 2.10. The van der Waals surface area contributed by atoms with Crippen molar-refractivity contribution in [3.8, 4) is 0 Å². The molecule has 0 unspecified atom stereocenters. The van der Waals surface area contributed by atoms with E-state index in [9.17, 15) is 4.79 Å². The number of aryl methyl sites for hydroxylation is 1. The molecule has 0 amide bonds. The SMILES string of the molecule is CCCCc1nnc2c(C(=O)O)cccn12. The molecular weight excluding hydrogens is 206 g/mol. The molecule has 5 nitrogen and oxygen atoms in total. The van der Waals surface area contributed by atoms with E-state index in [0.717, 1.165) is 25.1 Å². The lowest BCUT2D eigenvalue weighted by Crippen LogP contribution is -2.01. The van der Waals surface area contributed by atoms with Crippen LogP contribution in [-0.2, 0) is 6.42 Å². The molecule has 5 heteroatoms. The van der Waals surface area contributed by atoms with E-state index in [1.807, 2.05) is 0 Å². The van der Waals surface area contributed by atoms with E-state index in [2.05, 4.69) is 17.1 Å². The van der Waals surface area contributed by atoms with E-state index in [0.29, 0.717) is 5.65 Å². The third kappa shape index (κ3) is 1.76. The van der Waals surface area contributed by atoms with Gasteiger partial charge in [-0.05, 0) is 18.6 Å². The van der Waals surface area contributed by atoms with Crippen LogP contribution in [0.4, 0.5) is 0 Å². The van der Waals surface area contributed by atoms with E-state index in [1.54, 1.807) is 16.7 Å². The van der Waals surface area contributed by atoms with Crippen LogP contribution >= 0.6 is 0 Å². The summed E-state index contributed by atoms with van der Waals surface area (Å²) in [7, 11) is 0. The van der Waals surface area contributed by atoms with Crippen LogP contribution in [-0.4, -0.2) is 25.7 Å². The van der Waals surface area contributed by atoms with Crippen LogP contribution < -0.4 is 0 Å². The lowest BCUT2D eigenvalue weighted by Gasteiger charge is -2.00. The van der Waals surface area contributed by atoms with Crippen molar-refractivity contribution in [2.75, 3.05) is 0 Å². The summed E-state index contributed by atoms with van der Waals surface area (Å²) in [5, 5.41) is 16.9. The maximum absolute atomic E-state index is 11.0. The predicted octanol–water partition coefficient (Wildman–Crippen LogP) is 1.77. The molecule has 0 atom stereocenters. The molecule has 0 saturated carbocycles. The summed E-state index contributed by atoms with van der Waals surface area (Å²) in [4.78, 5) is 11.0. The first-order valence-corrected chi connectivity index (χ1v) is 5.30. The maximum atomic E-state index is 11.0. The second-order valence-electron chi connectivity index (χ2n) is 3.64. The largest absolute Gasteiger partial charge is 0.478 e. The standard InChI is InChI=1S/C11H13N3O2/c1-2-3-6-9-12-13-10-8(11(15)16)5-4-7-14(9)10/h4-5,7H,2-3,6H2,1H3,(H,15,16). The maximum Gasteiger partial charge on any atom is 0.339 e. The summed E-state index contributed by atoms with van der Waals surface area (Å²) in [5.74, 6) is -0.153. The summed E-state index contributed by atoms with van der Waals surface area (Å²) < 4.78 is 1.75. The molecule has 0 bridgehead atoms. The van der Waals surface area contributed by atoms with Crippen molar-refractivity contribution in [1.29, 1.82) is 0 Å². The number of carbonyl (C=O) groups is 1. The van der Waals surface area contributed by atoms with Crippen molar-refractivity contribution in [2.45, 2.75) is 26.2 Å². The second kappa shape index (κ2) is 4.30. The Balaban J connectivity index is 2.48. The van der Waals surface area contributed by atoms with Gasteiger partial charge in [0.1, 0.15) is 11.4 Å². The Morgan fingerprint density at radius 1 is 1.50 bits per heavy atom. The summed E-state index contributed by atoms with van der Waals surface area (Å²) >= 11 is 0. The number of pyridine rings is 1. The Hall–Kier alpha value is -1.91. The van der Waals surface area contributed by atoms with Crippen LogP contribution in [0.5, 0.6) is 0 Å². The highest BCUT2D eigenvalue weighted by Gasteiger charge is 2.12. The van der Waals surface area contributed by atoms with Gasteiger partial charge >= 0.3 is 5.97 Å². The van der Waals surface area contributed by atoms with Gasteiger partial charge in [-0.3, -0.25) is 4.40 Å². The molecule has 2 aromatic rings. The number of carboxylic acids is 1.